The first kappa shape index (κ1) is 15.3. The van der Waals surface area contributed by atoms with Gasteiger partial charge < -0.3 is 15.4 Å². The van der Waals surface area contributed by atoms with Crippen molar-refractivity contribution >= 4 is 23.1 Å². The van der Waals surface area contributed by atoms with Crippen LogP contribution in [0, 0.1) is 11.6 Å². The number of amides is 1. The van der Waals surface area contributed by atoms with E-state index in [4.69, 9.17) is 22.7 Å². The molecule has 0 saturated carbocycles. The van der Waals surface area contributed by atoms with Crippen LogP contribution >= 0.6 is 12.2 Å². The number of likely N-dealkylation sites (N-methyl/N-ethyl adjacent to an activating group) is 1. The summed E-state index contributed by atoms with van der Waals surface area (Å²) in [5, 5.41) is 0. The zero-order valence-corrected chi connectivity index (χ0v) is 11.2. The molecule has 0 aliphatic rings. The van der Waals surface area contributed by atoms with Crippen molar-refractivity contribution in [2.75, 3.05) is 20.2 Å². The van der Waals surface area contributed by atoms with Crippen LogP contribution in [0.1, 0.15) is 6.42 Å². The number of carbonyl (C=O) groups excluding carboxylic acids is 1. The Bertz CT molecular complexity index is 463. The zero-order valence-electron chi connectivity index (χ0n) is 10.4. The summed E-state index contributed by atoms with van der Waals surface area (Å²) in [4.78, 5) is 13.3. The van der Waals surface area contributed by atoms with Crippen LogP contribution in [0.5, 0.6) is 5.75 Å². The fourth-order valence-corrected chi connectivity index (χ4v) is 1.36. The Hall–Kier alpha value is -1.76. The quantitative estimate of drug-likeness (QED) is 0.806. The smallest absolute Gasteiger partial charge is 0.260 e. The van der Waals surface area contributed by atoms with Crippen molar-refractivity contribution in [3.63, 3.8) is 0 Å². The van der Waals surface area contributed by atoms with E-state index in [1.54, 1.807) is 7.05 Å². The van der Waals surface area contributed by atoms with E-state index >= 15 is 0 Å². The molecule has 19 heavy (non-hydrogen) atoms. The average molecular weight is 288 g/mol. The van der Waals surface area contributed by atoms with E-state index in [1.807, 2.05) is 0 Å². The van der Waals surface area contributed by atoms with Crippen LogP contribution in [0.3, 0.4) is 0 Å². The van der Waals surface area contributed by atoms with Crippen molar-refractivity contribution in [2.24, 2.45) is 5.73 Å². The minimum Gasteiger partial charge on any atom is -0.484 e. The molecule has 0 atom stereocenters. The summed E-state index contributed by atoms with van der Waals surface area (Å²) in [5.74, 6) is -1.89. The van der Waals surface area contributed by atoms with Gasteiger partial charge in [0.1, 0.15) is 17.4 Å². The van der Waals surface area contributed by atoms with Gasteiger partial charge in [0.05, 0.1) is 4.99 Å². The summed E-state index contributed by atoms with van der Waals surface area (Å²) in [5.41, 5.74) is 5.32. The van der Waals surface area contributed by atoms with E-state index in [2.05, 4.69) is 0 Å². The van der Waals surface area contributed by atoms with E-state index in [0.29, 0.717) is 18.0 Å². The van der Waals surface area contributed by atoms with E-state index in [1.165, 1.54) is 4.90 Å². The second kappa shape index (κ2) is 6.98. The molecule has 4 nitrogen and oxygen atoms in total. The lowest BCUT2D eigenvalue weighted by molar-refractivity contribution is -0.131. The van der Waals surface area contributed by atoms with Gasteiger partial charge in [-0.3, -0.25) is 4.79 Å². The van der Waals surface area contributed by atoms with E-state index in [-0.39, 0.29) is 18.3 Å². The second-order valence-electron chi connectivity index (χ2n) is 3.93. The van der Waals surface area contributed by atoms with Crippen molar-refractivity contribution in [1.29, 1.82) is 0 Å². The average Bonchev–Trinajstić information content (AvgIpc) is 2.31. The molecule has 7 heteroatoms. The first-order chi connectivity index (χ1) is 8.88. The first-order valence-corrected chi connectivity index (χ1v) is 5.90. The van der Waals surface area contributed by atoms with Gasteiger partial charge in [-0.2, -0.15) is 0 Å². The third kappa shape index (κ3) is 5.60. The number of hydrogen-bond acceptors (Lipinski definition) is 3. The summed E-state index contributed by atoms with van der Waals surface area (Å²) in [6, 6.07) is 2.74. The number of benzene rings is 1. The normalized spacial score (nSPS) is 10.1. The molecule has 1 aromatic carbocycles. The Morgan fingerprint density at radius 1 is 1.37 bits per heavy atom. The van der Waals surface area contributed by atoms with Gasteiger partial charge in [-0.1, -0.05) is 12.2 Å². The number of nitrogens with two attached hydrogens (primary N) is 1. The van der Waals surface area contributed by atoms with Gasteiger partial charge >= 0.3 is 0 Å². The Balaban J connectivity index is 2.47. The molecule has 0 aliphatic heterocycles. The highest BCUT2D eigenvalue weighted by Gasteiger charge is 2.10. The molecule has 0 spiro atoms. The van der Waals surface area contributed by atoms with Crippen molar-refractivity contribution in [3.8, 4) is 5.75 Å². The third-order valence-electron chi connectivity index (χ3n) is 2.32. The maximum Gasteiger partial charge on any atom is 0.260 e. The van der Waals surface area contributed by atoms with E-state index in [0.717, 1.165) is 18.2 Å². The van der Waals surface area contributed by atoms with Crippen LogP contribution in [0.2, 0.25) is 0 Å². The van der Waals surface area contributed by atoms with Gasteiger partial charge in [-0.05, 0) is 0 Å². The van der Waals surface area contributed by atoms with Crippen LogP contribution < -0.4 is 10.5 Å². The molecule has 1 aromatic rings. The molecule has 0 heterocycles. The van der Waals surface area contributed by atoms with Gasteiger partial charge in [0.25, 0.3) is 5.91 Å². The number of nitrogens with zero attached hydrogens (tertiary/aromatic N) is 1. The van der Waals surface area contributed by atoms with Gasteiger partial charge in [0.2, 0.25) is 0 Å². The lowest BCUT2D eigenvalue weighted by atomic mass is 10.3. The lowest BCUT2D eigenvalue weighted by Crippen LogP contribution is -2.33. The molecule has 2 N–H and O–H groups in total. The predicted molar refractivity (Wildman–Crippen MR) is 70.9 cm³/mol. The molecule has 0 aromatic heterocycles. The zero-order chi connectivity index (χ0) is 14.4. The fourth-order valence-electron chi connectivity index (χ4n) is 1.27. The number of halogens is 2. The summed E-state index contributed by atoms with van der Waals surface area (Å²) >= 11 is 4.70. The van der Waals surface area contributed by atoms with Crippen LogP contribution in [-0.2, 0) is 4.79 Å². The number of carbonyl (C=O) groups is 1. The van der Waals surface area contributed by atoms with Crippen molar-refractivity contribution in [2.45, 2.75) is 6.42 Å². The Morgan fingerprint density at radius 3 is 2.47 bits per heavy atom. The topological polar surface area (TPSA) is 55.6 Å². The molecule has 1 rings (SSSR count). The third-order valence-corrected chi connectivity index (χ3v) is 2.52. The molecule has 1 amide bonds. The van der Waals surface area contributed by atoms with E-state index < -0.39 is 11.6 Å². The van der Waals surface area contributed by atoms with Crippen molar-refractivity contribution in [3.05, 3.63) is 29.8 Å². The Morgan fingerprint density at radius 2 is 1.95 bits per heavy atom. The Kier molecular flexibility index (Phi) is 5.62. The molecule has 0 saturated heterocycles. The van der Waals surface area contributed by atoms with Gasteiger partial charge in [-0.25, -0.2) is 8.78 Å². The lowest BCUT2D eigenvalue weighted by Gasteiger charge is -2.17. The highest BCUT2D eigenvalue weighted by molar-refractivity contribution is 7.80. The van der Waals surface area contributed by atoms with Crippen molar-refractivity contribution in [1.82, 2.24) is 4.90 Å². The van der Waals surface area contributed by atoms with E-state index in [9.17, 15) is 13.6 Å². The number of ether oxygens (including phenoxy) is 1. The highest BCUT2D eigenvalue weighted by Crippen LogP contribution is 2.15. The van der Waals surface area contributed by atoms with Gasteiger partial charge in [0.15, 0.2) is 6.61 Å². The van der Waals surface area contributed by atoms with Crippen molar-refractivity contribution < 1.29 is 18.3 Å². The maximum absolute atomic E-state index is 12.9. The minimum absolute atomic E-state index is 0.0337. The largest absolute Gasteiger partial charge is 0.484 e. The molecule has 104 valence electrons. The SMILES string of the molecule is CN(CCC(N)=S)C(=O)COc1cc(F)cc(F)c1. The molecule has 0 unspecified atom stereocenters. The number of rotatable bonds is 6. The van der Waals surface area contributed by atoms with Crippen LogP contribution in [0.4, 0.5) is 8.78 Å². The van der Waals surface area contributed by atoms with Gasteiger partial charge in [0, 0.05) is 38.2 Å². The molecule has 0 bridgehead atoms. The summed E-state index contributed by atoms with van der Waals surface area (Å²) in [7, 11) is 1.57. The summed E-state index contributed by atoms with van der Waals surface area (Å²) in [6.07, 6.45) is 0.409. The molecule has 0 radical (unpaired) electrons. The fraction of sp³-hybridized carbons (Fsp3) is 0.333. The van der Waals surface area contributed by atoms with Crippen LogP contribution in [0.15, 0.2) is 18.2 Å². The Labute approximate surface area is 115 Å². The van der Waals surface area contributed by atoms with Crippen LogP contribution in [0.25, 0.3) is 0 Å². The molecule has 0 aliphatic carbocycles. The highest BCUT2D eigenvalue weighted by atomic mass is 32.1. The molecule has 0 fully saturated rings. The standard InChI is InChI=1S/C12H14F2N2O2S/c1-16(3-2-11(15)19)12(17)7-18-10-5-8(13)4-9(14)6-10/h4-6H,2-3,7H2,1H3,(H2,15,19). The molecular formula is C12H14F2N2O2S. The molecular weight excluding hydrogens is 274 g/mol. The summed E-state index contributed by atoms with van der Waals surface area (Å²) in [6.45, 7) is 0.0613. The monoisotopic (exact) mass is 288 g/mol. The maximum atomic E-state index is 12.9. The number of thiocarbonyl (C=S) groups is 1. The van der Waals surface area contributed by atoms with Gasteiger partial charge in [-0.15, -0.1) is 0 Å². The summed E-state index contributed by atoms with van der Waals surface area (Å²) < 4.78 is 30.8. The van der Waals surface area contributed by atoms with Crippen LogP contribution in [-0.4, -0.2) is 36.0 Å². The predicted octanol–water partition coefficient (Wildman–Crippen LogP) is 1.48. The minimum atomic E-state index is -0.760. The first-order valence-electron chi connectivity index (χ1n) is 5.49. The number of hydrogen-bond donors (Lipinski definition) is 1. The second-order valence-corrected chi connectivity index (χ2v) is 4.45.